The quantitative estimate of drug-likeness (QED) is 0.415. The molecule has 0 radical (unpaired) electrons. The molecule has 3 aliphatic rings. The van der Waals surface area contributed by atoms with Crippen LogP contribution in [0.1, 0.15) is 38.7 Å². The highest BCUT2D eigenvalue weighted by molar-refractivity contribution is 8.15. The second-order valence-electron chi connectivity index (χ2n) is 11.1. The Morgan fingerprint density at radius 1 is 1.15 bits per heavy atom. The number of ether oxygens (including phenoxy) is 1. The molecule has 1 saturated heterocycles. The monoisotopic (exact) mass is 589 g/mol. The molecule has 2 aliphatic carbocycles. The maximum Gasteiger partial charge on any atom is 0.286 e. The second-order valence-corrected chi connectivity index (χ2v) is 13.7. The topological polar surface area (TPSA) is 143 Å². The van der Waals surface area contributed by atoms with Gasteiger partial charge in [-0.1, -0.05) is 43.8 Å². The van der Waals surface area contributed by atoms with Crippen molar-refractivity contribution in [1.82, 2.24) is 10.3 Å². The molecule has 1 aliphatic heterocycles. The number of imide groups is 1. The Morgan fingerprint density at radius 3 is 2.40 bits per heavy atom. The van der Waals surface area contributed by atoms with Crippen molar-refractivity contribution in [2.24, 2.45) is 16.7 Å². The highest BCUT2D eigenvalue weighted by Gasteiger charge is 2.65. The number of amides is 2. The van der Waals surface area contributed by atoms with Crippen LogP contribution in [0.25, 0.3) is 0 Å². The Hall–Kier alpha value is -2.96. The molecular weight excluding hydrogens is 554 g/mol. The summed E-state index contributed by atoms with van der Waals surface area (Å²) < 4.78 is 36.7. The maximum absolute atomic E-state index is 11.9. The number of ketones is 1. The largest absolute Gasteiger partial charge is 0.492 e. The number of aromatic nitrogens is 1. The third-order valence-corrected chi connectivity index (χ3v) is 10.3. The molecule has 2 aromatic rings. The summed E-state index contributed by atoms with van der Waals surface area (Å²) in [6.07, 6.45) is 4.27. The normalized spacial score (nSPS) is 24.9. The average molecular weight is 590 g/mol. The van der Waals surface area contributed by atoms with Crippen molar-refractivity contribution in [3.05, 3.63) is 54.2 Å². The average Bonchev–Trinajstić information content (AvgIpc) is 3.40. The number of nitrogens with one attached hydrogen (secondary N) is 1. The van der Waals surface area contributed by atoms with Gasteiger partial charge in [-0.2, -0.15) is 8.42 Å². The molecule has 2 amide bonds. The minimum Gasteiger partial charge on any atom is -0.492 e. The molecule has 2 bridgehead atoms. The molecule has 2 saturated carbocycles. The van der Waals surface area contributed by atoms with Gasteiger partial charge in [0.1, 0.15) is 24.0 Å². The number of hydrogen-bond acceptors (Lipinski definition) is 9. The fourth-order valence-electron chi connectivity index (χ4n) is 5.88. The van der Waals surface area contributed by atoms with E-state index in [4.69, 9.17) is 9.29 Å². The molecular formula is C28H35N3O7S2. The standard InChI is InChI=1S/C18H19N3O3S.C10H16O4S/c1-21(16-4-2-3-9-19-16)10-11-24-14-7-5-13(6-8-14)12-15-17(22)20-18(23)25-15;1-9(2)7-3-4-10(9,8(11)5-7)6-15(12,13)14/h2-9,15H,10-12H2,1H3,(H,20,22,23);7H,3-6H2,1-2H3,(H,12,13,14). The molecule has 12 heteroatoms. The van der Waals surface area contributed by atoms with E-state index in [1.54, 1.807) is 6.20 Å². The van der Waals surface area contributed by atoms with Gasteiger partial charge in [-0.25, -0.2) is 4.98 Å². The van der Waals surface area contributed by atoms with Gasteiger partial charge in [0.2, 0.25) is 5.91 Å². The number of Topliss-reactive ketones (excluding diaryl/α,β-unsaturated/α-hetero) is 1. The van der Waals surface area contributed by atoms with Crippen molar-refractivity contribution in [2.45, 2.75) is 44.8 Å². The summed E-state index contributed by atoms with van der Waals surface area (Å²) >= 11 is 1.05. The zero-order valence-corrected chi connectivity index (χ0v) is 24.5. The first-order chi connectivity index (χ1) is 18.8. The Balaban J connectivity index is 0.000000210. The van der Waals surface area contributed by atoms with Gasteiger partial charge in [-0.15, -0.1) is 0 Å². The van der Waals surface area contributed by atoms with Crippen LogP contribution < -0.4 is 15.0 Å². The van der Waals surface area contributed by atoms with Crippen molar-refractivity contribution in [3.63, 3.8) is 0 Å². The highest BCUT2D eigenvalue weighted by Crippen LogP contribution is 2.64. The minimum atomic E-state index is -4.08. The van der Waals surface area contributed by atoms with Gasteiger partial charge >= 0.3 is 0 Å². The van der Waals surface area contributed by atoms with E-state index < -0.39 is 21.3 Å². The van der Waals surface area contributed by atoms with Gasteiger partial charge in [-0.3, -0.25) is 24.3 Å². The van der Waals surface area contributed by atoms with Crippen LogP contribution in [0.4, 0.5) is 10.6 Å². The summed E-state index contributed by atoms with van der Waals surface area (Å²) in [6, 6.07) is 13.4. The SMILES string of the molecule is CC1(C)C2CCC1(CS(=O)(=O)O)C(=O)C2.CN(CCOc1ccc(CC2SC(=O)NC2=O)cc1)c1ccccn1. The van der Waals surface area contributed by atoms with Gasteiger partial charge in [0.05, 0.1) is 23.0 Å². The van der Waals surface area contributed by atoms with Gasteiger partial charge < -0.3 is 9.64 Å². The van der Waals surface area contributed by atoms with Gasteiger partial charge in [0.15, 0.2) is 0 Å². The van der Waals surface area contributed by atoms with Crippen LogP contribution in [-0.2, 0) is 26.1 Å². The number of carbonyl (C=O) groups is 3. The number of rotatable bonds is 9. The van der Waals surface area contributed by atoms with Crippen LogP contribution in [0.3, 0.4) is 0 Å². The summed E-state index contributed by atoms with van der Waals surface area (Å²) in [5.74, 6) is 1.37. The van der Waals surface area contributed by atoms with Crippen molar-refractivity contribution in [1.29, 1.82) is 0 Å². The zero-order valence-electron chi connectivity index (χ0n) is 22.8. The third-order valence-electron chi connectivity index (χ3n) is 8.42. The number of hydrogen-bond donors (Lipinski definition) is 2. The summed E-state index contributed by atoms with van der Waals surface area (Å²) in [5.41, 5.74) is -0.120. The second kappa shape index (κ2) is 11.9. The van der Waals surface area contributed by atoms with E-state index in [0.717, 1.165) is 41.9 Å². The highest BCUT2D eigenvalue weighted by atomic mass is 32.2. The van der Waals surface area contributed by atoms with E-state index in [1.807, 2.05) is 68.3 Å². The van der Waals surface area contributed by atoms with Crippen LogP contribution in [0.5, 0.6) is 5.75 Å². The molecule has 3 unspecified atom stereocenters. The molecule has 40 heavy (non-hydrogen) atoms. The minimum absolute atomic E-state index is 0.0152. The predicted octanol–water partition coefficient (Wildman–Crippen LogP) is 3.76. The van der Waals surface area contributed by atoms with Crippen molar-refractivity contribution < 1.29 is 32.1 Å². The van der Waals surface area contributed by atoms with E-state index in [9.17, 15) is 22.8 Å². The molecule has 2 N–H and O–H groups in total. The van der Waals surface area contributed by atoms with Crippen LogP contribution in [0, 0.1) is 16.7 Å². The van der Waals surface area contributed by atoms with Crippen LogP contribution >= 0.6 is 11.8 Å². The molecule has 1 aromatic carbocycles. The lowest BCUT2D eigenvalue weighted by molar-refractivity contribution is -0.128. The Labute approximate surface area is 239 Å². The summed E-state index contributed by atoms with van der Waals surface area (Å²) in [5, 5.41) is 1.69. The van der Waals surface area contributed by atoms with Gasteiger partial charge in [-0.05, 0) is 60.4 Å². The third kappa shape index (κ3) is 6.67. The fourth-order valence-corrected chi connectivity index (χ4v) is 8.04. The number of benzene rings is 1. The first kappa shape index (κ1) is 30.0. The molecule has 5 rings (SSSR count). The zero-order chi connectivity index (χ0) is 29.1. The smallest absolute Gasteiger partial charge is 0.286 e. The maximum atomic E-state index is 11.9. The Bertz CT molecular complexity index is 1350. The van der Waals surface area contributed by atoms with Crippen LogP contribution in [0.2, 0.25) is 0 Å². The van der Waals surface area contributed by atoms with E-state index in [0.29, 0.717) is 25.9 Å². The van der Waals surface area contributed by atoms with Crippen LogP contribution in [-0.4, -0.2) is 66.1 Å². The van der Waals surface area contributed by atoms with Crippen LogP contribution in [0.15, 0.2) is 48.7 Å². The summed E-state index contributed by atoms with van der Waals surface area (Å²) in [4.78, 5) is 41.0. The van der Waals surface area contributed by atoms with Gasteiger partial charge in [0.25, 0.3) is 15.4 Å². The number of thioether (sulfide) groups is 1. The molecule has 216 valence electrons. The number of anilines is 1. The first-order valence-corrected chi connectivity index (χ1v) is 15.6. The lowest BCUT2D eigenvalue weighted by atomic mass is 9.70. The lowest BCUT2D eigenvalue weighted by Crippen LogP contribution is -2.42. The number of carbonyl (C=O) groups excluding carboxylic acids is 3. The van der Waals surface area contributed by atoms with E-state index >= 15 is 0 Å². The van der Waals surface area contributed by atoms with Crippen molar-refractivity contribution in [2.75, 3.05) is 30.9 Å². The molecule has 10 nitrogen and oxygen atoms in total. The number of pyridine rings is 1. The van der Waals surface area contributed by atoms with E-state index in [-0.39, 0.29) is 33.5 Å². The molecule has 1 aromatic heterocycles. The van der Waals surface area contributed by atoms with Gasteiger partial charge in [0, 0.05) is 19.7 Å². The predicted molar refractivity (Wildman–Crippen MR) is 153 cm³/mol. The first-order valence-electron chi connectivity index (χ1n) is 13.1. The van der Waals surface area contributed by atoms with Crippen molar-refractivity contribution >= 4 is 44.6 Å². The summed E-state index contributed by atoms with van der Waals surface area (Å²) in [7, 11) is -2.10. The Morgan fingerprint density at radius 2 is 1.88 bits per heavy atom. The Kier molecular flexibility index (Phi) is 8.91. The number of nitrogens with zero attached hydrogens (tertiary/aromatic N) is 2. The molecule has 2 heterocycles. The number of fused-ring (bicyclic) bond motifs is 2. The molecule has 0 spiro atoms. The molecule has 3 atom stereocenters. The van der Waals surface area contributed by atoms with Crippen molar-refractivity contribution in [3.8, 4) is 5.75 Å². The summed E-state index contributed by atoms with van der Waals surface area (Å²) in [6.45, 7) is 5.16. The fraction of sp³-hybridized carbons (Fsp3) is 0.500. The van der Waals surface area contributed by atoms with E-state index in [2.05, 4.69) is 10.3 Å². The lowest BCUT2D eigenvalue weighted by Gasteiger charge is -2.35. The number of likely N-dealkylation sites (N-methyl/N-ethyl adjacent to an activating group) is 1. The van der Waals surface area contributed by atoms with E-state index in [1.165, 1.54) is 0 Å². The molecule has 3 fully saturated rings.